The molecule has 96 valence electrons. The van der Waals surface area contributed by atoms with Crippen LogP contribution in [0.2, 0.25) is 0 Å². The number of thioether (sulfide) groups is 1. The third kappa shape index (κ3) is 4.83. The van der Waals surface area contributed by atoms with Gasteiger partial charge in [-0.25, -0.2) is 0 Å². The molecule has 0 bridgehead atoms. The van der Waals surface area contributed by atoms with Crippen molar-refractivity contribution >= 4 is 17.7 Å². The van der Waals surface area contributed by atoms with Crippen LogP contribution in [0.3, 0.4) is 0 Å². The summed E-state index contributed by atoms with van der Waals surface area (Å²) < 4.78 is 5.60. The van der Waals surface area contributed by atoms with Crippen molar-refractivity contribution in [3.05, 3.63) is 23.7 Å². The lowest BCUT2D eigenvalue weighted by Gasteiger charge is -2.11. The molecule has 1 amide bonds. The fourth-order valence-corrected chi connectivity index (χ4v) is 1.85. The molecule has 1 aromatic heterocycles. The summed E-state index contributed by atoms with van der Waals surface area (Å²) in [5.74, 6) is 2.74. The Labute approximate surface area is 107 Å². The van der Waals surface area contributed by atoms with Crippen molar-refractivity contribution in [1.82, 2.24) is 10.6 Å². The minimum absolute atomic E-state index is 0.0170. The molecule has 5 heteroatoms. The second-order valence-corrected chi connectivity index (χ2v) is 4.66. The highest BCUT2D eigenvalue weighted by atomic mass is 32.2. The summed E-state index contributed by atoms with van der Waals surface area (Å²) in [6.07, 6.45) is 2.04. The van der Waals surface area contributed by atoms with Gasteiger partial charge in [0, 0.05) is 6.54 Å². The van der Waals surface area contributed by atoms with Gasteiger partial charge < -0.3 is 9.73 Å². The third-order valence-electron chi connectivity index (χ3n) is 2.33. The lowest BCUT2D eigenvalue weighted by molar-refractivity contribution is -0.122. The predicted octanol–water partition coefficient (Wildman–Crippen LogP) is 1.76. The first-order valence-corrected chi connectivity index (χ1v) is 7.14. The van der Waals surface area contributed by atoms with Crippen LogP contribution in [-0.2, 0) is 17.1 Å². The molecule has 1 unspecified atom stereocenters. The maximum absolute atomic E-state index is 11.5. The maximum atomic E-state index is 11.5. The van der Waals surface area contributed by atoms with Crippen LogP contribution in [-0.4, -0.2) is 24.7 Å². The maximum Gasteiger partial charge on any atom is 0.236 e. The van der Waals surface area contributed by atoms with Crippen LogP contribution in [0.5, 0.6) is 0 Å². The summed E-state index contributed by atoms with van der Waals surface area (Å²) in [5.41, 5.74) is 0. The van der Waals surface area contributed by atoms with Gasteiger partial charge in [-0.1, -0.05) is 0 Å². The molecule has 1 rings (SSSR count). The van der Waals surface area contributed by atoms with Gasteiger partial charge in [0.25, 0.3) is 0 Å². The van der Waals surface area contributed by atoms with Crippen molar-refractivity contribution in [2.45, 2.75) is 32.2 Å². The third-order valence-corrected chi connectivity index (χ3v) is 2.90. The summed E-state index contributed by atoms with van der Waals surface area (Å²) in [5, 5.41) is 5.90. The first-order valence-electron chi connectivity index (χ1n) is 5.75. The quantitative estimate of drug-likeness (QED) is 0.780. The van der Waals surface area contributed by atoms with Gasteiger partial charge in [0.1, 0.15) is 11.5 Å². The van der Waals surface area contributed by atoms with E-state index in [1.165, 1.54) is 0 Å². The molecular weight excluding hydrogens is 236 g/mol. The average Bonchev–Trinajstić information content (AvgIpc) is 2.74. The number of rotatable bonds is 7. The van der Waals surface area contributed by atoms with E-state index in [0.717, 1.165) is 17.3 Å². The largest absolute Gasteiger partial charge is 0.464 e. The fourth-order valence-electron chi connectivity index (χ4n) is 1.41. The van der Waals surface area contributed by atoms with Gasteiger partial charge in [-0.05, 0) is 32.2 Å². The van der Waals surface area contributed by atoms with E-state index in [-0.39, 0.29) is 11.9 Å². The van der Waals surface area contributed by atoms with E-state index in [1.807, 2.05) is 32.2 Å². The molecule has 0 aliphatic carbocycles. The Kier molecular flexibility index (Phi) is 6.15. The van der Waals surface area contributed by atoms with Gasteiger partial charge in [-0.2, -0.15) is 11.8 Å². The number of carbonyl (C=O) groups excluding carboxylic acids is 1. The van der Waals surface area contributed by atoms with Crippen molar-refractivity contribution < 1.29 is 9.21 Å². The second-order valence-electron chi connectivity index (χ2n) is 3.80. The van der Waals surface area contributed by atoms with Crippen LogP contribution >= 0.6 is 11.8 Å². The van der Waals surface area contributed by atoms with Gasteiger partial charge in [-0.3, -0.25) is 10.1 Å². The normalized spacial score (nSPS) is 12.4. The van der Waals surface area contributed by atoms with Crippen molar-refractivity contribution in [1.29, 1.82) is 0 Å². The van der Waals surface area contributed by atoms with E-state index in [2.05, 4.69) is 10.6 Å². The first kappa shape index (κ1) is 14.1. The summed E-state index contributed by atoms with van der Waals surface area (Å²) in [6, 6.07) is 3.72. The molecule has 0 saturated carbocycles. The van der Waals surface area contributed by atoms with E-state index in [1.54, 1.807) is 11.8 Å². The van der Waals surface area contributed by atoms with Gasteiger partial charge >= 0.3 is 0 Å². The van der Waals surface area contributed by atoms with Crippen molar-refractivity contribution in [2.75, 3.05) is 12.8 Å². The Hall–Kier alpha value is -0.940. The van der Waals surface area contributed by atoms with Gasteiger partial charge in [0.15, 0.2) is 0 Å². The van der Waals surface area contributed by atoms with E-state index in [0.29, 0.717) is 13.1 Å². The molecule has 0 aliphatic rings. The summed E-state index contributed by atoms with van der Waals surface area (Å²) in [4.78, 5) is 11.5. The fraction of sp³-hybridized carbons (Fsp3) is 0.583. The molecule has 1 heterocycles. The predicted molar refractivity (Wildman–Crippen MR) is 70.9 cm³/mol. The first-order chi connectivity index (χ1) is 8.17. The van der Waals surface area contributed by atoms with E-state index < -0.39 is 0 Å². The molecule has 1 aromatic rings. The molecule has 0 aromatic carbocycles. The van der Waals surface area contributed by atoms with Gasteiger partial charge in [-0.15, -0.1) is 0 Å². The Morgan fingerprint density at radius 1 is 1.47 bits per heavy atom. The minimum atomic E-state index is -0.205. The van der Waals surface area contributed by atoms with Crippen LogP contribution in [0.25, 0.3) is 0 Å². The summed E-state index contributed by atoms with van der Waals surface area (Å²) >= 11 is 1.73. The standard InChI is InChI=1S/C12H20N2O2S/c1-4-13-12(15)9(2)14-7-10-5-6-11(16-10)8-17-3/h5-6,9,14H,4,7-8H2,1-3H3,(H,13,15). The molecule has 2 N–H and O–H groups in total. The topological polar surface area (TPSA) is 54.3 Å². The second kappa shape index (κ2) is 7.40. The van der Waals surface area contributed by atoms with Gasteiger partial charge in [0.05, 0.1) is 18.3 Å². The highest BCUT2D eigenvalue weighted by Gasteiger charge is 2.11. The summed E-state index contributed by atoms with van der Waals surface area (Å²) in [6.45, 7) is 4.98. The molecule has 0 fully saturated rings. The zero-order valence-electron chi connectivity index (χ0n) is 10.6. The van der Waals surface area contributed by atoms with Crippen LogP contribution in [0, 0.1) is 0 Å². The number of amides is 1. The van der Waals surface area contributed by atoms with E-state index in [4.69, 9.17) is 4.42 Å². The number of nitrogens with one attached hydrogen (secondary N) is 2. The molecule has 0 spiro atoms. The molecule has 0 aliphatic heterocycles. The van der Waals surface area contributed by atoms with Crippen molar-refractivity contribution in [2.24, 2.45) is 0 Å². The molecular formula is C12H20N2O2S. The Bertz CT molecular complexity index is 352. The zero-order valence-corrected chi connectivity index (χ0v) is 11.4. The monoisotopic (exact) mass is 256 g/mol. The number of likely N-dealkylation sites (N-methyl/N-ethyl adjacent to an activating group) is 1. The van der Waals surface area contributed by atoms with Crippen molar-refractivity contribution in [3.8, 4) is 0 Å². The SMILES string of the molecule is CCNC(=O)C(C)NCc1ccc(CSC)o1. The molecule has 4 nitrogen and oxygen atoms in total. The molecule has 17 heavy (non-hydrogen) atoms. The lowest BCUT2D eigenvalue weighted by Crippen LogP contribution is -2.41. The van der Waals surface area contributed by atoms with Crippen LogP contribution < -0.4 is 10.6 Å². The zero-order chi connectivity index (χ0) is 12.7. The molecule has 0 radical (unpaired) electrons. The van der Waals surface area contributed by atoms with Crippen LogP contribution in [0.15, 0.2) is 16.5 Å². The number of furan rings is 1. The van der Waals surface area contributed by atoms with Gasteiger partial charge in [0.2, 0.25) is 5.91 Å². The smallest absolute Gasteiger partial charge is 0.236 e. The number of hydrogen-bond acceptors (Lipinski definition) is 4. The van der Waals surface area contributed by atoms with Crippen molar-refractivity contribution in [3.63, 3.8) is 0 Å². The molecule has 1 atom stereocenters. The Balaban J connectivity index is 2.36. The average molecular weight is 256 g/mol. The summed E-state index contributed by atoms with van der Waals surface area (Å²) in [7, 11) is 0. The Morgan fingerprint density at radius 2 is 2.18 bits per heavy atom. The van der Waals surface area contributed by atoms with Crippen LogP contribution in [0.4, 0.5) is 0 Å². The highest BCUT2D eigenvalue weighted by molar-refractivity contribution is 7.97. The number of carbonyl (C=O) groups is 1. The lowest BCUT2D eigenvalue weighted by atomic mass is 10.3. The molecule has 0 saturated heterocycles. The van der Waals surface area contributed by atoms with E-state index in [9.17, 15) is 4.79 Å². The Morgan fingerprint density at radius 3 is 2.82 bits per heavy atom. The number of hydrogen-bond donors (Lipinski definition) is 2. The van der Waals surface area contributed by atoms with E-state index >= 15 is 0 Å². The minimum Gasteiger partial charge on any atom is -0.464 e. The van der Waals surface area contributed by atoms with Crippen LogP contribution in [0.1, 0.15) is 25.4 Å². The highest BCUT2D eigenvalue weighted by Crippen LogP contribution is 2.13.